The summed E-state index contributed by atoms with van der Waals surface area (Å²) in [7, 11) is 7.03. The lowest BCUT2D eigenvalue weighted by atomic mass is 9.77. The van der Waals surface area contributed by atoms with Crippen molar-refractivity contribution in [3.63, 3.8) is 0 Å². The van der Waals surface area contributed by atoms with Crippen LogP contribution in [0.3, 0.4) is 0 Å². The molecule has 3 heteroatoms. The lowest BCUT2D eigenvalue weighted by molar-refractivity contribution is -0.877. The van der Waals surface area contributed by atoms with E-state index in [0.29, 0.717) is 13.0 Å². The van der Waals surface area contributed by atoms with Crippen LogP contribution in [0.2, 0.25) is 0 Å². The molecule has 330 valence electrons. The number of hydrogen-bond donors (Lipinski definition) is 0. The van der Waals surface area contributed by atoms with Gasteiger partial charge in [0.1, 0.15) is 6.61 Å². The zero-order chi connectivity index (χ0) is 40.4. The molecule has 0 N–H and O–H groups in total. The van der Waals surface area contributed by atoms with E-state index < -0.39 is 0 Å². The van der Waals surface area contributed by atoms with Gasteiger partial charge in [0.2, 0.25) is 0 Å². The first-order valence-corrected chi connectivity index (χ1v) is 25.7. The molecule has 0 aromatic carbocycles. The van der Waals surface area contributed by atoms with Crippen molar-refractivity contribution in [2.24, 2.45) is 5.41 Å². The SMILES string of the molecule is CCCCCCCCCCCCCCCCCC(=O)OCC(CCCCCCCCCCCCCC)(CCCCCCCCCCCCCC)C[N+](C)(C)C. The summed E-state index contributed by atoms with van der Waals surface area (Å²) in [5.74, 6) is 0.0601. The number of esters is 1. The monoisotopic (exact) mass is 777 g/mol. The molecule has 0 saturated heterocycles. The minimum Gasteiger partial charge on any atom is -0.465 e. The van der Waals surface area contributed by atoms with Crippen LogP contribution in [-0.4, -0.2) is 44.7 Å². The van der Waals surface area contributed by atoms with Gasteiger partial charge in [0.05, 0.1) is 33.1 Å². The summed E-state index contributed by atoms with van der Waals surface area (Å²) >= 11 is 0. The number of hydrogen-bond acceptors (Lipinski definition) is 2. The Morgan fingerprint density at radius 3 is 0.855 bits per heavy atom. The van der Waals surface area contributed by atoms with Crippen molar-refractivity contribution in [1.29, 1.82) is 0 Å². The van der Waals surface area contributed by atoms with E-state index in [2.05, 4.69) is 41.9 Å². The molecule has 3 nitrogen and oxygen atoms in total. The van der Waals surface area contributed by atoms with Gasteiger partial charge in [-0.3, -0.25) is 4.79 Å². The van der Waals surface area contributed by atoms with Crippen LogP contribution in [0, 0.1) is 5.41 Å². The third kappa shape index (κ3) is 41.4. The van der Waals surface area contributed by atoms with Gasteiger partial charge in [-0.05, 0) is 19.3 Å². The molecule has 0 radical (unpaired) electrons. The largest absolute Gasteiger partial charge is 0.465 e. The highest BCUT2D eigenvalue weighted by molar-refractivity contribution is 5.69. The first-order valence-electron chi connectivity index (χ1n) is 25.7. The molecule has 0 aliphatic carbocycles. The summed E-state index contributed by atoms with van der Waals surface area (Å²) in [5.41, 5.74) is 0.111. The number of carbonyl (C=O) groups is 1. The molecule has 0 heterocycles. The second-order valence-corrected chi connectivity index (χ2v) is 19.6. The van der Waals surface area contributed by atoms with Crippen molar-refractivity contribution < 1.29 is 14.0 Å². The number of ether oxygens (including phenoxy) is 1. The predicted molar refractivity (Wildman–Crippen MR) is 247 cm³/mol. The molecule has 0 rings (SSSR count). The average Bonchev–Trinajstić information content (AvgIpc) is 3.15. The van der Waals surface area contributed by atoms with Crippen LogP contribution in [0.25, 0.3) is 0 Å². The molecule has 0 saturated carbocycles. The van der Waals surface area contributed by atoms with Crippen LogP contribution in [0.5, 0.6) is 0 Å². The Bertz CT molecular complexity index is 729. The molecule has 55 heavy (non-hydrogen) atoms. The van der Waals surface area contributed by atoms with Crippen molar-refractivity contribution >= 4 is 5.97 Å². The molecule has 0 unspecified atom stereocenters. The summed E-state index contributed by atoms with van der Waals surface area (Å²) in [5, 5.41) is 0. The zero-order valence-electron chi connectivity index (χ0n) is 39.4. The molecular weight excluding hydrogens is 671 g/mol. The lowest BCUT2D eigenvalue weighted by Crippen LogP contribution is -2.47. The van der Waals surface area contributed by atoms with E-state index in [9.17, 15) is 4.79 Å². The maximum Gasteiger partial charge on any atom is 0.305 e. The molecule has 0 aromatic rings. The van der Waals surface area contributed by atoms with E-state index in [0.717, 1.165) is 17.4 Å². The van der Waals surface area contributed by atoms with Gasteiger partial charge in [0, 0.05) is 6.42 Å². The predicted octanol–water partition coefficient (Wildman–Crippen LogP) is 17.7. The second kappa shape index (κ2) is 41.6. The molecule has 0 atom stereocenters. The minimum atomic E-state index is 0.0601. The minimum absolute atomic E-state index is 0.0601. The number of carbonyl (C=O) groups excluding carboxylic acids is 1. The van der Waals surface area contributed by atoms with Gasteiger partial charge in [-0.15, -0.1) is 0 Å². The van der Waals surface area contributed by atoms with Gasteiger partial charge in [-0.2, -0.15) is 0 Å². The Labute approximate surface area is 349 Å². The normalized spacial score (nSPS) is 12.2. The fraction of sp³-hybridized carbons (Fsp3) is 0.981. The van der Waals surface area contributed by atoms with E-state index in [1.165, 1.54) is 257 Å². The Morgan fingerprint density at radius 1 is 0.364 bits per heavy atom. The van der Waals surface area contributed by atoms with E-state index in [1.54, 1.807) is 0 Å². The Kier molecular flexibility index (Phi) is 41.2. The van der Waals surface area contributed by atoms with Crippen molar-refractivity contribution in [3.05, 3.63) is 0 Å². The molecule has 0 fully saturated rings. The van der Waals surface area contributed by atoms with Gasteiger partial charge in [0.25, 0.3) is 0 Å². The maximum absolute atomic E-state index is 13.1. The number of rotatable bonds is 46. The highest BCUT2D eigenvalue weighted by Crippen LogP contribution is 2.35. The highest BCUT2D eigenvalue weighted by atomic mass is 16.5. The van der Waals surface area contributed by atoms with Crippen LogP contribution in [0.4, 0.5) is 0 Å². The molecule has 0 aliphatic heterocycles. The number of quaternary nitrogens is 1. The number of nitrogens with zero attached hydrogens (tertiary/aromatic N) is 1. The summed E-state index contributed by atoms with van der Waals surface area (Å²) in [4.78, 5) is 13.1. The lowest BCUT2D eigenvalue weighted by Gasteiger charge is -2.39. The van der Waals surface area contributed by atoms with Gasteiger partial charge >= 0.3 is 5.97 Å². The maximum atomic E-state index is 13.1. The molecule has 0 bridgehead atoms. The fourth-order valence-corrected chi connectivity index (χ4v) is 9.11. The third-order valence-electron chi connectivity index (χ3n) is 12.5. The molecule has 0 aromatic heterocycles. The standard InChI is InChI=1S/C52H106NO2/c1-7-10-13-16-19-22-25-28-29-30-31-34-37-40-43-46-51(54)55-50-52(49-53(4,5)6,47-44-41-38-35-32-26-23-20-17-14-11-8-2)48-45-42-39-36-33-27-24-21-18-15-12-9-3/h7-50H2,1-6H3/q+1. The Balaban J connectivity index is 4.63. The van der Waals surface area contributed by atoms with Gasteiger partial charge < -0.3 is 9.22 Å². The van der Waals surface area contributed by atoms with Crippen molar-refractivity contribution in [2.45, 2.75) is 290 Å². The smallest absolute Gasteiger partial charge is 0.305 e. The third-order valence-corrected chi connectivity index (χ3v) is 12.5. The van der Waals surface area contributed by atoms with Crippen LogP contribution in [-0.2, 0) is 9.53 Å². The fourth-order valence-electron chi connectivity index (χ4n) is 9.11. The first-order chi connectivity index (χ1) is 26.8. The van der Waals surface area contributed by atoms with Gasteiger partial charge in [0.15, 0.2) is 0 Å². The number of unbranched alkanes of at least 4 members (excludes halogenated alkanes) is 36. The topological polar surface area (TPSA) is 26.3 Å². The molecule has 0 spiro atoms. The van der Waals surface area contributed by atoms with Crippen molar-refractivity contribution in [1.82, 2.24) is 0 Å². The highest BCUT2D eigenvalue weighted by Gasteiger charge is 2.36. The summed E-state index contributed by atoms with van der Waals surface area (Å²) in [6, 6.07) is 0. The van der Waals surface area contributed by atoms with Crippen LogP contribution < -0.4 is 0 Å². The molecule has 0 amide bonds. The Morgan fingerprint density at radius 2 is 0.600 bits per heavy atom. The summed E-state index contributed by atoms with van der Waals surface area (Å²) in [6.45, 7) is 8.65. The van der Waals surface area contributed by atoms with E-state index in [4.69, 9.17) is 4.74 Å². The Hall–Kier alpha value is -0.570. The quantitative estimate of drug-likeness (QED) is 0.0350. The van der Waals surface area contributed by atoms with Crippen LogP contribution in [0.1, 0.15) is 290 Å². The van der Waals surface area contributed by atoms with E-state index >= 15 is 0 Å². The van der Waals surface area contributed by atoms with Gasteiger partial charge in [-0.1, -0.05) is 265 Å². The first kappa shape index (κ1) is 54.4. The van der Waals surface area contributed by atoms with Crippen molar-refractivity contribution in [3.8, 4) is 0 Å². The van der Waals surface area contributed by atoms with Crippen LogP contribution >= 0.6 is 0 Å². The molecule has 0 aliphatic rings. The van der Waals surface area contributed by atoms with Crippen molar-refractivity contribution in [2.75, 3.05) is 34.3 Å². The second-order valence-electron chi connectivity index (χ2n) is 19.6. The average molecular weight is 777 g/mol. The van der Waals surface area contributed by atoms with E-state index in [-0.39, 0.29) is 11.4 Å². The molecular formula is C52H106NO2+. The van der Waals surface area contributed by atoms with Crippen LogP contribution in [0.15, 0.2) is 0 Å². The summed E-state index contributed by atoms with van der Waals surface area (Å²) in [6.07, 6.45) is 56.8. The van der Waals surface area contributed by atoms with Gasteiger partial charge in [-0.25, -0.2) is 0 Å². The summed E-state index contributed by atoms with van der Waals surface area (Å²) < 4.78 is 7.19. The van der Waals surface area contributed by atoms with E-state index in [1.807, 2.05) is 0 Å². The zero-order valence-corrected chi connectivity index (χ0v) is 39.4.